The van der Waals surface area contributed by atoms with Crippen molar-refractivity contribution in [3.8, 4) is 5.69 Å². The molecule has 1 aromatic carbocycles. The van der Waals surface area contributed by atoms with Crippen molar-refractivity contribution in [3.63, 3.8) is 0 Å². The van der Waals surface area contributed by atoms with Crippen LogP contribution >= 0.6 is 11.8 Å². The lowest BCUT2D eigenvalue weighted by atomic mass is 10.0. The Morgan fingerprint density at radius 2 is 1.97 bits per heavy atom. The summed E-state index contributed by atoms with van der Waals surface area (Å²) in [5, 5.41) is 3.29. The summed E-state index contributed by atoms with van der Waals surface area (Å²) in [5.74, 6) is 1.94. The Morgan fingerprint density at radius 3 is 2.67 bits per heavy atom. The average Bonchev–Trinajstić information content (AvgIpc) is 3.27. The highest BCUT2D eigenvalue weighted by molar-refractivity contribution is 7.98. The van der Waals surface area contributed by atoms with Crippen LogP contribution in [0.3, 0.4) is 0 Å². The molecule has 6 rings (SSSR count). The SMILES string of the molecule is CC1C[C@@H]1c1cc(C(F)(F)F)cc2c1-n1cnc([C@H](C)Nc3nccc(N4C(=O)OC[C@@H]4C(C)C)n3)c1CS2. The van der Waals surface area contributed by atoms with Crippen LogP contribution in [0.5, 0.6) is 0 Å². The van der Waals surface area contributed by atoms with E-state index in [4.69, 9.17) is 4.74 Å². The van der Waals surface area contributed by atoms with E-state index in [0.717, 1.165) is 29.1 Å². The van der Waals surface area contributed by atoms with Gasteiger partial charge in [0.25, 0.3) is 0 Å². The summed E-state index contributed by atoms with van der Waals surface area (Å²) in [6, 6.07) is 3.85. The maximum absolute atomic E-state index is 13.7. The maximum atomic E-state index is 13.7. The van der Waals surface area contributed by atoms with Gasteiger partial charge in [0, 0.05) is 16.8 Å². The zero-order chi connectivity index (χ0) is 27.6. The number of carbonyl (C=O) groups excluding carboxylic acids is 1. The van der Waals surface area contributed by atoms with Crippen molar-refractivity contribution in [3.05, 3.63) is 53.2 Å². The van der Waals surface area contributed by atoms with Crippen LogP contribution in [0.2, 0.25) is 0 Å². The zero-order valence-corrected chi connectivity index (χ0v) is 22.8. The van der Waals surface area contributed by atoms with Gasteiger partial charge in [-0.15, -0.1) is 11.8 Å². The molecule has 12 heteroatoms. The highest BCUT2D eigenvalue weighted by Gasteiger charge is 2.41. The second kappa shape index (κ2) is 9.42. The number of thioether (sulfide) groups is 1. The van der Waals surface area contributed by atoms with E-state index in [2.05, 4.69) is 27.2 Å². The maximum Gasteiger partial charge on any atom is 0.416 e. The molecule has 1 unspecified atom stereocenters. The predicted octanol–water partition coefficient (Wildman–Crippen LogP) is 6.56. The normalized spacial score (nSPS) is 22.9. The molecule has 1 saturated carbocycles. The third kappa shape index (κ3) is 4.62. The number of nitrogens with zero attached hydrogens (tertiary/aromatic N) is 5. The fourth-order valence-corrected chi connectivity index (χ4v) is 6.58. The lowest BCUT2D eigenvalue weighted by Crippen LogP contribution is -2.37. The lowest BCUT2D eigenvalue weighted by Gasteiger charge is -2.25. The standard InChI is InChI=1S/C27H29F3N6O2S/c1-13(2)19-10-38-26(37)36(19)22-5-6-31-25(34-22)33-15(4)23-20-11-39-21-9-16(27(28,29)30)8-18(17-7-14(17)3)24(21)35(20)12-32-23/h5-6,8-9,12-15,17,19H,7,10-11H2,1-4H3,(H,31,33,34)/t14?,15-,17-,19+/m0/s1. The fraction of sp³-hybridized carbons (Fsp3) is 0.481. The van der Waals surface area contributed by atoms with E-state index in [1.165, 1.54) is 23.9 Å². The Kier molecular flexibility index (Phi) is 6.28. The summed E-state index contributed by atoms with van der Waals surface area (Å²) in [4.78, 5) is 28.2. The van der Waals surface area contributed by atoms with Gasteiger partial charge < -0.3 is 14.6 Å². The smallest absolute Gasteiger partial charge is 0.416 e. The summed E-state index contributed by atoms with van der Waals surface area (Å²) in [6.45, 7) is 8.38. The zero-order valence-electron chi connectivity index (χ0n) is 22.0. The molecule has 8 nitrogen and oxygen atoms in total. The van der Waals surface area contributed by atoms with Crippen LogP contribution in [0, 0.1) is 11.8 Å². The Balaban J connectivity index is 1.30. The van der Waals surface area contributed by atoms with Crippen molar-refractivity contribution in [1.29, 1.82) is 0 Å². The minimum Gasteiger partial charge on any atom is -0.447 e. The number of halogens is 3. The number of aromatic nitrogens is 4. The number of amides is 1. The Bertz CT molecular complexity index is 1440. The molecule has 206 valence electrons. The topological polar surface area (TPSA) is 85.2 Å². The number of benzene rings is 1. The van der Waals surface area contributed by atoms with Crippen molar-refractivity contribution in [2.24, 2.45) is 11.8 Å². The van der Waals surface area contributed by atoms with Gasteiger partial charge in [-0.1, -0.05) is 20.8 Å². The quantitative estimate of drug-likeness (QED) is 0.367. The molecule has 4 heterocycles. The van der Waals surface area contributed by atoms with E-state index in [0.29, 0.717) is 34.9 Å². The summed E-state index contributed by atoms with van der Waals surface area (Å²) in [7, 11) is 0. The van der Waals surface area contributed by atoms with Gasteiger partial charge in [-0.3, -0.25) is 4.90 Å². The molecule has 0 spiro atoms. The third-order valence-corrected chi connectivity index (χ3v) is 8.80. The van der Waals surface area contributed by atoms with E-state index < -0.39 is 17.8 Å². The van der Waals surface area contributed by atoms with Gasteiger partial charge in [0.1, 0.15) is 12.4 Å². The molecular formula is C27H29F3N6O2S. The molecule has 2 aliphatic heterocycles. The minimum absolute atomic E-state index is 0.108. The van der Waals surface area contributed by atoms with E-state index in [1.807, 2.05) is 25.3 Å². The van der Waals surface area contributed by atoms with Crippen LogP contribution in [-0.2, 0) is 16.7 Å². The van der Waals surface area contributed by atoms with E-state index in [1.54, 1.807) is 23.5 Å². The predicted molar refractivity (Wildman–Crippen MR) is 141 cm³/mol. The first-order chi connectivity index (χ1) is 18.5. The molecule has 3 aromatic rings. The number of ether oxygens (including phenoxy) is 1. The molecule has 3 aliphatic rings. The average molecular weight is 559 g/mol. The van der Waals surface area contributed by atoms with Crippen LogP contribution in [-0.4, -0.2) is 38.3 Å². The third-order valence-electron chi connectivity index (χ3n) is 7.76. The van der Waals surface area contributed by atoms with Crippen molar-refractivity contribution in [1.82, 2.24) is 19.5 Å². The highest BCUT2D eigenvalue weighted by Crippen LogP contribution is 2.53. The number of fused-ring (bicyclic) bond motifs is 3. The van der Waals surface area contributed by atoms with E-state index in [9.17, 15) is 18.0 Å². The van der Waals surface area contributed by atoms with Crippen LogP contribution in [0.4, 0.5) is 29.7 Å². The van der Waals surface area contributed by atoms with Gasteiger partial charge >= 0.3 is 12.3 Å². The van der Waals surface area contributed by atoms with Gasteiger partial charge in [0.2, 0.25) is 5.95 Å². The molecule has 1 N–H and O–H groups in total. The van der Waals surface area contributed by atoms with Crippen LogP contribution in [0.25, 0.3) is 5.69 Å². The summed E-state index contributed by atoms with van der Waals surface area (Å²) in [5.41, 5.74) is 2.65. The molecule has 39 heavy (non-hydrogen) atoms. The largest absolute Gasteiger partial charge is 0.447 e. The van der Waals surface area contributed by atoms with Crippen LogP contribution in [0.15, 0.2) is 35.6 Å². The van der Waals surface area contributed by atoms with Gasteiger partial charge in [0.15, 0.2) is 0 Å². The van der Waals surface area contributed by atoms with Crippen molar-refractivity contribution < 1.29 is 22.7 Å². The van der Waals surface area contributed by atoms with Gasteiger partial charge in [-0.2, -0.15) is 18.2 Å². The number of anilines is 2. The number of alkyl halides is 3. The molecule has 1 aliphatic carbocycles. The Morgan fingerprint density at radius 1 is 1.21 bits per heavy atom. The van der Waals surface area contributed by atoms with Gasteiger partial charge in [-0.25, -0.2) is 14.8 Å². The lowest BCUT2D eigenvalue weighted by molar-refractivity contribution is -0.137. The number of imidazole rings is 1. The Labute approximate surface area is 228 Å². The summed E-state index contributed by atoms with van der Waals surface area (Å²) < 4.78 is 48.2. The fourth-order valence-electron chi connectivity index (χ4n) is 5.44. The second-order valence-corrected chi connectivity index (χ2v) is 11.8. The van der Waals surface area contributed by atoms with Gasteiger partial charge in [-0.05, 0) is 54.9 Å². The first-order valence-corrected chi connectivity index (χ1v) is 14.0. The first kappa shape index (κ1) is 26.0. The van der Waals surface area contributed by atoms with E-state index in [-0.39, 0.29) is 23.9 Å². The molecular weight excluding hydrogens is 529 g/mol. The summed E-state index contributed by atoms with van der Waals surface area (Å²) >= 11 is 1.41. The molecule has 4 atom stereocenters. The monoisotopic (exact) mass is 558 g/mol. The van der Waals surface area contributed by atoms with Crippen LogP contribution in [0.1, 0.15) is 68.6 Å². The van der Waals surface area contributed by atoms with Crippen LogP contribution < -0.4 is 10.2 Å². The minimum atomic E-state index is -4.39. The van der Waals surface area contributed by atoms with Crippen molar-refractivity contribution in [2.45, 2.75) is 68.9 Å². The molecule has 0 bridgehead atoms. The molecule has 1 saturated heterocycles. The van der Waals surface area contributed by atoms with Crippen molar-refractivity contribution >= 4 is 29.6 Å². The second-order valence-electron chi connectivity index (χ2n) is 10.8. The molecule has 1 amide bonds. The van der Waals surface area contributed by atoms with E-state index >= 15 is 0 Å². The molecule has 2 fully saturated rings. The number of nitrogens with one attached hydrogen (secondary N) is 1. The van der Waals surface area contributed by atoms with Gasteiger partial charge in [0.05, 0.1) is 41.0 Å². The first-order valence-electron chi connectivity index (χ1n) is 13.0. The number of carbonyl (C=O) groups is 1. The number of cyclic esters (lactones) is 1. The van der Waals surface area contributed by atoms with Crippen molar-refractivity contribution in [2.75, 3.05) is 16.8 Å². The number of hydrogen-bond acceptors (Lipinski definition) is 7. The molecule has 2 aromatic heterocycles. The number of rotatable bonds is 6. The highest BCUT2D eigenvalue weighted by atomic mass is 32.2. The molecule has 0 radical (unpaired) electrons. The number of hydrogen-bond donors (Lipinski definition) is 1. The summed E-state index contributed by atoms with van der Waals surface area (Å²) in [6.07, 6.45) is -0.647. The Hall–Kier alpha value is -3.28.